The van der Waals surface area contributed by atoms with Crippen LogP contribution in [-0.4, -0.2) is 17.4 Å². The number of primary amides is 1. The van der Waals surface area contributed by atoms with Crippen molar-refractivity contribution in [1.82, 2.24) is 4.98 Å². The second kappa shape index (κ2) is 4.12. The highest BCUT2D eigenvalue weighted by molar-refractivity contribution is 5.92. The number of amides is 1. The molecule has 1 amide bonds. The predicted octanol–water partition coefficient (Wildman–Crippen LogP) is 1.78. The average Bonchev–Trinajstić information content (AvgIpc) is 2.24. The maximum atomic E-state index is 10.8. The summed E-state index contributed by atoms with van der Waals surface area (Å²) in [5.41, 5.74) is 6.00. The Kier molecular flexibility index (Phi) is 2.81. The van der Waals surface area contributed by atoms with E-state index in [1.807, 2.05) is 0 Å². The average molecular weight is 219 g/mol. The summed E-state index contributed by atoms with van der Waals surface area (Å²) < 4.78 is 0. The van der Waals surface area contributed by atoms with Gasteiger partial charge in [-0.25, -0.2) is 4.98 Å². The van der Waals surface area contributed by atoms with Gasteiger partial charge in [0.2, 0.25) is 5.91 Å². The molecule has 0 radical (unpaired) electrons. The maximum Gasteiger partial charge on any atom is 0.250 e. The predicted molar refractivity (Wildman–Crippen MR) is 63.2 cm³/mol. The van der Waals surface area contributed by atoms with Crippen LogP contribution < -0.4 is 11.1 Å². The van der Waals surface area contributed by atoms with E-state index in [1.54, 1.807) is 12.1 Å². The van der Waals surface area contributed by atoms with Gasteiger partial charge in [-0.2, -0.15) is 0 Å². The molecule has 1 aromatic heterocycles. The van der Waals surface area contributed by atoms with Gasteiger partial charge in [-0.15, -0.1) is 0 Å². The molecule has 1 aliphatic carbocycles. The van der Waals surface area contributed by atoms with Gasteiger partial charge < -0.3 is 11.1 Å². The number of carbonyl (C=O) groups is 1. The van der Waals surface area contributed by atoms with Crippen LogP contribution in [0.15, 0.2) is 18.3 Å². The molecule has 1 aromatic rings. The summed E-state index contributed by atoms with van der Waals surface area (Å²) in [5, 5.41) is 3.29. The smallest absolute Gasteiger partial charge is 0.250 e. The molecule has 1 aliphatic rings. The fraction of sp³-hybridized carbons (Fsp3) is 0.500. The highest BCUT2D eigenvalue weighted by Gasteiger charge is 2.31. The van der Waals surface area contributed by atoms with Gasteiger partial charge in [0.05, 0.1) is 5.56 Å². The van der Waals surface area contributed by atoms with E-state index in [2.05, 4.69) is 17.2 Å². The van der Waals surface area contributed by atoms with Crippen molar-refractivity contribution in [3.05, 3.63) is 23.9 Å². The molecule has 0 saturated heterocycles. The van der Waals surface area contributed by atoms with Gasteiger partial charge in [0.25, 0.3) is 0 Å². The Morgan fingerprint density at radius 1 is 1.56 bits per heavy atom. The zero-order valence-electron chi connectivity index (χ0n) is 9.49. The lowest BCUT2D eigenvalue weighted by molar-refractivity contribution is 0.1000. The molecule has 0 spiro atoms. The fourth-order valence-electron chi connectivity index (χ4n) is 1.91. The van der Waals surface area contributed by atoms with Crippen molar-refractivity contribution in [3.8, 4) is 0 Å². The number of nitrogens with two attached hydrogens (primary N) is 1. The summed E-state index contributed by atoms with van der Waals surface area (Å²) in [6, 6.07) is 3.49. The Morgan fingerprint density at radius 3 is 2.75 bits per heavy atom. The summed E-state index contributed by atoms with van der Waals surface area (Å²) in [5.74, 6) is 0.364. The third-order valence-corrected chi connectivity index (χ3v) is 3.30. The maximum absolute atomic E-state index is 10.8. The van der Waals surface area contributed by atoms with Crippen LogP contribution in [0.2, 0.25) is 0 Å². The largest absolute Gasteiger partial charge is 0.370 e. The molecule has 0 atom stereocenters. The lowest BCUT2D eigenvalue weighted by atomic mass is 9.70. The number of hydrogen-bond acceptors (Lipinski definition) is 3. The quantitative estimate of drug-likeness (QED) is 0.811. The van der Waals surface area contributed by atoms with E-state index in [0.29, 0.717) is 11.0 Å². The molecule has 16 heavy (non-hydrogen) atoms. The third-order valence-electron chi connectivity index (χ3n) is 3.30. The van der Waals surface area contributed by atoms with Gasteiger partial charge in [0.1, 0.15) is 5.82 Å². The number of hydrogen-bond donors (Lipinski definition) is 2. The van der Waals surface area contributed by atoms with Gasteiger partial charge >= 0.3 is 0 Å². The highest BCUT2D eigenvalue weighted by atomic mass is 16.1. The van der Waals surface area contributed by atoms with Gasteiger partial charge in [0, 0.05) is 12.7 Å². The zero-order chi connectivity index (χ0) is 11.6. The summed E-state index contributed by atoms with van der Waals surface area (Å²) >= 11 is 0. The summed E-state index contributed by atoms with van der Waals surface area (Å²) in [6.07, 6.45) is 5.39. The molecule has 0 aromatic carbocycles. The molecule has 4 nitrogen and oxygen atoms in total. The van der Waals surface area contributed by atoms with Crippen molar-refractivity contribution in [1.29, 1.82) is 0 Å². The minimum absolute atomic E-state index is 0.421. The van der Waals surface area contributed by atoms with Crippen molar-refractivity contribution in [2.24, 2.45) is 11.1 Å². The summed E-state index contributed by atoms with van der Waals surface area (Å²) in [7, 11) is 0. The van der Waals surface area contributed by atoms with Crippen LogP contribution in [0.4, 0.5) is 5.82 Å². The molecular weight excluding hydrogens is 202 g/mol. The van der Waals surface area contributed by atoms with Gasteiger partial charge in [-0.3, -0.25) is 4.79 Å². The SMILES string of the molecule is CC1(CNc2ccc(C(N)=O)cn2)CCC1. The van der Waals surface area contributed by atoms with Crippen molar-refractivity contribution in [3.63, 3.8) is 0 Å². The van der Waals surface area contributed by atoms with Gasteiger partial charge in [-0.1, -0.05) is 13.3 Å². The van der Waals surface area contributed by atoms with E-state index in [0.717, 1.165) is 12.4 Å². The minimum atomic E-state index is -0.440. The molecule has 1 saturated carbocycles. The molecule has 0 bridgehead atoms. The summed E-state index contributed by atoms with van der Waals surface area (Å²) in [4.78, 5) is 15.0. The van der Waals surface area contributed by atoms with Crippen LogP contribution >= 0.6 is 0 Å². The number of aromatic nitrogens is 1. The highest BCUT2D eigenvalue weighted by Crippen LogP contribution is 2.39. The second-order valence-corrected chi connectivity index (χ2v) is 4.81. The first-order chi connectivity index (χ1) is 7.59. The second-order valence-electron chi connectivity index (χ2n) is 4.81. The number of nitrogens with one attached hydrogen (secondary N) is 1. The third kappa shape index (κ3) is 2.32. The molecule has 0 aliphatic heterocycles. The van der Waals surface area contributed by atoms with E-state index in [1.165, 1.54) is 25.5 Å². The van der Waals surface area contributed by atoms with Crippen LogP contribution in [0.1, 0.15) is 36.5 Å². The molecule has 2 rings (SSSR count). The summed E-state index contributed by atoms with van der Waals surface area (Å²) in [6.45, 7) is 3.22. The van der Waals surface area contributed by atoms with E-state index >= 15 is 0 Å². The molecule has 1 heterocycles. The monoisotopic (exact) mass is 219 g/mol. The minimum Gasteiger partial charge on any atom is -0.370 e. The van der Waals surface area contributed by atoms with E-state index < -0.39 is 5.91 Å². The van der Waals surface area contributed by atoms with Crippen LogP contribution in [0.5, 0.6) is 0 Å². The van der Waals surface area contributed by atoms with E-state index in [4.69, 9.17) is 5.73 Å². The van der Waals surface area contributed by atoms with Gasteiger partial charge in [-0.05, 0) is 30.4 Å². The first-order valence-corrected chi connectivity index (χ1v) is 5.59. The topological polar surface area (TPSA) is 68.0 Å². The first kappa shape index (κ1) is 10.9. The Hall–Kier alpha value is -1.58. The van der Waals surface area contributed by atoms with Crippen LogP contribution in [0.25, 0.3) is 0 Å². The normalized spacial score (nSPS) is 17.6. The van der Waals surface area contributed by atoms with Crippen LogP contribution in [-0.2, 0) is 0 Å². The molecule has 86 valence electrons. The standard InChI is InChI=1S/C12H17N3O/c1-12(5-2-6-12)8-15-10-4-3-9(7-14-10)11(13)16/h3-4,7H,2,5-6,8H2,1H3,(H2,13,16)(H,14,15). The van der Waals surface area contributed by atoms with Crippen molar-refractivity contribution in [2.45, 2.75) is 26.2 Å². The number of carbonyl (C=O) groups excluding carboxylic acids is 1. The van der Waals surface area contributed by atoms with Crippen LogP contribution in [0.3, 0.4) is 0 Å². The Morgan fingerprint density at radius 2 is 2.31 bits per heavy atom. The number of pyridine rings is 1. The van der Waals surface area contributed by atoms with Crippen molar-refractivity contribution >= 4 is 11.7 Å². The lowest BCUT2D eigenvalue weighted by Crippen LogP contribution is -2.33. The molecule has 0 unspecified atom stereocenters. The zero-order valence-corrected chi connectivity index (χ0v) is 9.49. The number of anilines is 1. The number of nitrogens with zero attached hydrogens (tertiary/aromatic N) is 1. The molecule has 4 heteroatoms. The van der Waals surface area contributed by atoms with E-state index in [9.17, 15) is 4.79 Å². The van der Waals surface area contributed by atoms with Crippen LogP contribution in [0, 0.1) is 5.41 Å². The Labute approximate surface area is 95.3 Å². The van der Waals surface area contributed by atoms with E-state index in [-0.39, 0.29) is 0 Å². The van der Waals surface area contributed by atoms with Crippen molar-refractivity contribution < 1.29 is 4.79 Å². The lowest BCUT2D eigenvalue weighted by Gasteiger charge is -2.38. The number of rotatable bonds is 4. The molecular formula is C12H17N3O. The fourth-order valence-corrected chi connectivity index (χ4v) is 1.91. The molecule has 1 fully saturated rings. The molecule has 3 N–H and O–H groups in total. The Balaban J connectivity index is 1.92. The Bertz CT molecular complexity index is 382. The van der Waals surface area contributed by atoms with Crippen molar-refractivity contribution in [2.75, 3.05) is 11.9 Å². The van der Waals surface area contributed by atoms with Gasteiger partial charge in [0.15, 0.2) is 0 Å². The first-order valence-electron chi connectivity index (χ1n) is 5.59.